The second-order valence-electron chi connectivity index (χ2n) is 5.49. The van der Waals surface area contributed by atoms with Crippen LogP contribution in [-0.4, -0.2) is 16.9 Å². The first-order valence-electron chi connectivity index (χ1n) is 7.51. The lowest BCUT2D eigenvalue weighted by atomic mass is 10.2. The van der Waals surface area contributed by atoms with Gasteiger partial charge in [-0.1, -0.05) is 25.0 Å². The molecular weight excluding hydrogens is 281 g/mol. The van der Waals surface area contributed by atoms with Crippen molar-refractivity contribution in [1.82, 2.24) is 4.98 Å². The summed E-state index contributed by atoms with van der Waals surface area (Å²) in [6.45, 7) is 0. The Morgan fingerprint density at radius 2 is 1.95 bits per heavy atom. The van der Waals surface area contributed by atoms with Crippen molar-refractivity contribution < 1.29 is 9.18 Å². The van der Waals surface area contributed by atoms with Crippen molar-refractivity contribution in [2.24, 2.45) is 0 Å². The number of carbonyl (C=O) groups is 1. The van der Waals surface area contributed by atoms with E-state index in [1.54, 1.807) is 24.4 Å². The van der Waals surface area contributed by atoms with Gasteiger partial charge in [-0.05, 0) is 37.1 Å². The van der Waals surface area contributed by atoms with Gasteiger partial charge in [-0.2, -0.15) is 0 Å². The van der Waals surface area contributed by atoms with Gasteiger partial charge >= 0.3 is 0 Å². The van der Waals surface area contributed by atoms with E-state index < -0.39 is 11.7 Å². The molecule has 114 valence electrons. The maximum atomic E-state index is 13.6. The summed E-state index contributed by atoms with van der Waals surface area (Å²) in [5, 5.41) is 5.96. The number of nitrogens with zero attached hydrogens (tertiary/aromatic N) is 1. The fourth-order valence-electron chi connectivity index (χ4n) is 2.70. The number of benzene rings is 1. The molecule has 4 nitrogen and oxygen atoms in total. The average Bonchev–Trinajstić information content (AvgIpc) is 3.03. The van der Waals surface area contributed by atoms with Crippen LogP contribution in [0.15, 0.2) is 42.6 Å². The zero-order chi connectivity index (χ0) is 15.4. The molecule has 1 aromatic carbocycles. The summed E-state index contributed by atoms with van der Waals surface area (Å²) in [4.78, 5) is 16.3. The molecule has 0 saturated heterocycles. The lowest BCUT2D eigenvalue weighted by Crippen LogP contribution is -2.17. The predicted molar refractivity (Wildman–Crippen MR) is 84.5 cm³/mol. The van der Waals surface area contributed by atoms with E-state index in [9.17, 15) is 9.18 Å². The average molecular weight is 299 g/mol. The monoisotopic (exact) mass is 299 g/mol. The number of rotatable bonds is 4. The number of hydrogen-bond acceptors (Lipinski definition) is 3. The molecule has 1 aliphatic carbocycles. The Morgan fingerprint density at radius 3 is 2.73 bits per heavy atom. The molecule has 0 bridgehead atoms. The lowest BCUT2D eigenvalue weighted by Gasteiger charge is -2.14. The van der Waals surface area contributed by atoms with E-state index in [1.807, 2.05) is 6.07 Å². The predicted octanol–water partition coefficient (Wildman–Crippen LogP) is 3.83. The molecule has 2 aromatic rings. The summed E-state index contributed by atoms with van der Waals surface area (Å²) in [5.74, 6) is -0.878. The molecule has 0 atom stereocenters. The molecule has 5 heteroatoms. The van der Waals surface area contributed by atoms with Crippen molar-refractivity contribution in [2.75, 3.05) is 10.6 Å². The number of aromatic nitrogens is 1. The first-order chi connectivity index (χ1) is 10.7. The van der Waals surface area contributed by atoms with Gasteiger partial charge in [0, 0.05) is 17.9 Å². The summed E-state index contributed by atoms with van der Waals surface area (Å²) in [6, 6.07) is 10.1. The highest BCUT2D eigenvalue weighted by Crippen LogP contribution is 2.22. The highest BCUT2D eigenvalue weighted by molar-refractivity contribution is 6.03. The van der Waals surface area contributed by atoms with E-state index in [0.29, 0.717) is 6.04 Å². The van der Waals surface area contributed by atoms with Crippen LogP contribution in [-0.2, 0) is 0 Å². The van der Waals surface area contributed by atoms with E-state index in [0.717, 1.165) is 18.5 Å². The molecule has 1 aliphatic rings. The zero-order valence-electron chi connectivity index (χ0n) is 12.2. The number of halogens is 1. The Kier molecular flexibility index (Phi) is 4.32. The van der Waals surface area contributed by atoms with Crippen molar-refractivity contribution in [3.8, 4) is 0 Å². The van der Waals surface area contributed by atoms with Crippen LogP contribution in [0.4, 0.5) is 15.8 Å². The van der Waals surface area contributed by atoms with Gasteiger partial charge in [-0.25, -0.2) is 4.39 Å². The smallest absolute Gasteiger partial charge is 0.274 e. The van der Waals surface area contributed by atoms with Crippen LogP contribution in [0, 0.1) is 5.82 Å². The highest BCUT2D eigenvalue weighted by atomic mass is 19.1. The van der Waals surface area contributed by atoms with Crippen molar-refractivity contribution >= 4 is 17.3 Å². The van der Waals surface area contributed by atoms with Crippen molar-refractivity contribution in [1.29, 1.82) is 0 Å². The summed E-state index contributed by atoms with van der Waals surface area (Å²) < 4.78 is 13.6. The highest BCUT2D eigenvalue weighted by Gasteiger charge is 2.16. The molecule has 1 amide bonds. The van der Waals surface area contributed by atoms with Crippen LogP contribution in [0.5, 0.6) is 0 Å². The number of amides is 1. The number of anilines is 2. The Balaban J connectivity index is 1.71. The van der Waals surface area contributed by atoms with Gasteiger partial charge in [-0.15, -0.1) is 0 Å². The Morgan fingerprint density at radius 1 is 1.18 bits per heavy atom. The second kappa shape index (κ2) is 6.56. The minimum Gasteiger partial charge on any atom is -0.382 e. The fraction of sp³-hybridized carbons (Fsp3) is 0.294. The topological polar surface area (TPSA) is 54.0 Å². The third kappa shape index (κ3) is 3.42. The minimum atomic E-state index is -0.462. The Labute approximate surface area is 128 Å². The maximum absolute atomic E-state index is 13.6. The molecule has 1 aromatic heterocycles. The zero-order valence-corrected chi connectivity index (χ0v) is 12.2. The molecular formula is C17H18FN3O. The van der Waals surface area contributed by atoms with E-state index in [2.05, 4.69) is 15.6 Å². The fourth-order valence-corrected chi connectivity index (χ4v) is 2.70. The summed E-state index contributed by atoms with van der Waals surface area (Å²) >= 11 is 0. The number of para-hydroxylation sites is 1. The molecule has 0 unspecified atom stereocenters. The van der Waals surface area contributed by atoms with Gasteiger partial charge in [0.15, 0.2) is 0 Å². The van der Waals surface area contributed by atoms with Crippen LogP contribution < -0.4 is 10.6 Å². The van der Waals surface area contributed by atoms with E-state index in [4.69, 9.17) is 0 Å². The van der Waals surface area contributed by atoms with Gasteiger partial charge in [0.05, 0.1) is 5.69 Å². The van der Waals surface area contributed by atoms with E-state index in [1.165, 1.54) is 25.0 Å². The van der Waals surface area contributed by atoms with Crippen molar-refractivity contribution in [3.05, 3.63) is 54.1 Å². The standard InChI is InChI=1S/C17H18FN3O/c18-14-7-3-4-8-15(14)21-17(22)16-11-13(9-10-19-16)20-12-5-1-2-6-12/h3-4,7-12H,1-2,5-6H2,(H,19,20)(H,21,22). The van der Waals surface area contributed by atoms with Crippen LogP contribution in [0.3, 0.4) is 0 Å². The largest absolute Gasteiger partial charge is 0.382 e. The molecule has 1 saturated carbocycles. The first kappa shape index (κ1) is 14.5. The SMILES string of the molecule is O=C(Nc1ccccc1F)c1cc(NC2CCCC2)ccn1. The normalized spacial score (nSPS) is 14.8. The van der Waals surface area contributed by atoms with Crippen molar-refractivity contribution in [2.45, 2.75) is 31.7 Å². The number of carbonyl (C=O) groups excluding carboxylic acids is 1. The molecule has 3 rings (SSSR count). The molecule has 0 spiro atoms. The summed E-state index contributed by atoms with van der Waals surface area (Å²) in [7, 11) is 0. The van der Waals surface area contributed by atoms with E-state index >= 15 is 0 Å². The quantitative estimate of drug-likeness (QED) is 0.902. The van der Waals surface area contributed by atoms with E-state index in [-0.39, 0.29) is 11.4 Å². The van der Waals surface area contributed by atoms with Gasteiger partial charge < -0.3 is 10.6 Å². The third-order valence-corrected chi connectivity index (χ3v) is 3.84. The summed E-state index contributed by atoms with van der Waals surface area (Å²) in [5.41, 5.74) is 1.30. The molecule has 2 N–H and O–H groups in total. The van der Waals surface area contributed by atoms with Gasteiger partial charge in [0.2, 0.25) is 0 Å². The molecule has 1 heterocycles. The van der Waals surface area contributed by atoms with Crippen molar-refractivity contribution in [3.63, 3.8) is 0 Å². The molecule has 0 aliphatic heterocycles. The Hall–Kier alpha value is -2.43. The number of hydrogen-bond donors (Lipinski definition) is 2. The van der Waals surface area contributed by atoms with Gasteiger partial charge in [0.25, 0.3) is 5.91 Å². The van der Waals surface area contributed by atoms with Crippen LogP contribution in [0.2, 0.25) is 0 Å². The third-order valence-electron chi connectivity index (χ3n) is 3.84. The van der Waals surface area contributed by atoms with Crippen LogP contribution in [0.1, 0.15) is 36.2 Å². The Bertz CT molecular complexity index is 668. The molecule has 22 heavy (non-hydrogen) atoms. The second-order valence-corrected chi connectivity index (χ2v) is 5.49. The summed E-state index contributed by atoms with van der Waals surface area (Å²) in [6.07, 6.45) is 6.37. The van der Waals surface area contributed by atoms with Gasteiger partial charge in [-0.3, -0.25) is 9.78 Å². The number of pyridine rings is 1. The van der Waals surface area contributed by atoms with Crippen LogP contribution >= 0.6 is 0 Å². The minimum absolute atomic E-state index is 0.156. The lowest BCUT2D eigenvalue weighted by molar-refractivity contribution is 0.102. The molecule has 0 radical (unpaired) electrons. The first-order valence-corrected chi connectivity index (χ1v) is 7.51. The molecule has 1 fully saturated rings. The maximum Gasteiger partial charge on any atom is 0.274 e. The van der Waals surface area contributed by atoms with Gasteiger partial charge in [0.1, 0.15) is 11.5 Å². The number of nitrogens with one attached hydrogen (secondary N) is 2. The van der Waals surface area contributed by atoms with Crippen LogP contribution in [0.25, 0.3) is 0 Å².